The number of benzene rings is 1. The fourth-order valence-electron chi connectivity index (χ4n) is 1.83. The number of anilines is 2. The van der Waals surface area contributed by atoms with Gasteiger partial charge in [0.05, 0.1) is 11.4 Å². The van der Waals surface area contributed by atoms with Crippen molar-refractivity contribution in [2.45, 2.75) is 18.8 Å². The topological polar surface area (TPSA) is 50.9 Å². The van der Waals surface area contributed by atoms with Crippen LogP contribution in [0.4, 0.5) is 10.8 Å². The first-order valence-electron chi connectivity index (χ1n) is 5.85. The maximum Gasteiger partial charge on any atom is 0.187 e. The van der Waals surface area contributed by atoms with Crippen LogP contribution in [0.2, 0.25) is 0 Å². The normalized spacial score (nSPS) is 14.4. The molecule has 0 bridgehead atoms. The molecule has 1 aliphatic rings. The summed E-state index contributed by atoms with van der Waals surface area (Å²) in [6.45, 7) is 0. The van der Waals surface area contributed by atoms with E-state index in [1.807, 2.05) is 24.3 Å². The number of nitrogens with zero attached hydrogens (tertiary/aromatic N) is 1. The van der Waals surface area contributed by atoms with E-state index in [4.69, 9.17) is 18.0 Å². The third-order valence-corrected chi connectivity index (χ3v) is 3.95. The highest BCUT2D eigenvalue weighted by Gasteiger charge is 2.26. The molecule has 1 saturated carbocycles. The van der Waals surface area contributed by atoms with Gasteiger partial charge in [-0.1, -0.05) is 24.4 Å². The van der Waals surface area contributed by atoms with E-state index < -0.39 is 0 Å². The molecule has 0 unspecified atom stereocenters. The molecule has 1 heterocycles. The van der Waals surface area contributed by atoms with Gasteiger partial charge in [0.2, 0.25) is 0 Å². The Hall–Kier alpha value is -1.46. The van der Waals surface area contributed by atoms with Crippen LogP contribution >= 0.6 is 23.6 Å². The Kier molecular flexibility index (Phi) is 3.01. The van der Waals surface area contributed by atoms with Crippen LogP contribution in [0.5, 0.6) is 0 Å². The molecule has 1 aromatic heterocycles. The number of rotatable bonds is 4. The number of nitrogens with one attached hydrogen (secondary N) is 1. The van der Waals surface area contributed by atoms with Crippen molar-refractivity contribution in [1.29, 1.82) is 0 Å². The zero-order valence-electron chi connectivity index (χ0n) is 9.72. The van der Waals surface area contributed by atoms with Gasteiger partial charge in [-0.05, 0) is 25.0 Å². The van der Waals surface area contributed by atoms with E-state index in [9.17, 15) is 0 Å². The summed E-state index contributed by atoms with van der Waals surface area (Å²) >= 11 is 6.67. The van der Waals surface area contributed by atoms with E-state index >= 15 is 0 Å². The standard InChI is InChI=1S/C13H13N3S2/c14-12(17)9-3-1-2-4-10(9)15-13-16-11(7-18-13)8-5-6-8/h1-4,7-8H,5-6H2,(H2,14,17)(H,15,16). The first-order chi connectivity index (χ1) is 8.74. The maximum atomic E-state index is 5.71. The molecule has 1 aromatic carbocycles. The number of nitrogens with two attached hydrogens (primary N) is 1. The molecule has 3 rings (SSSR count). The molecule has 2 aromatic rings. The van der Waals surface area contributed by atoms with Crippen molar-refractivity contribution >= 4 is 39.4 Å². The second kappa shape index (κ2) is 4.66. The predicted octanol–water partition coefficient (Wildman–Crippen LogP) is 3.40. The van der Waals surface area contributed by atoms with Crippen molar-refractivity contribution in [2.75, 3.05) is 5.32 Å². The molecule has 18 heavy (non-hydrogen) atoms. The molecule has 0 spiro atoms. The van der Waals surface area contributed by atoms with Gasteiger partial charge in [-0.3, -0.25) is 0 Å². The SMILES string of the molecule is NC(=S)c1ccccc1Nc1nc(C2CC2)cs1. The Balaban J connectivity index is 1.84. The van der Waals surface area contributed by atoms with Crippen LogP contribution < -0.4 is 11.1 Å². The van der Waals surface area contributed by atoms with Gasteiger partial charge >= 0.3 is 0 Å². The van der Waals surface area contributed by atoms with Crippen LogP contribution in [0.15, 0.2) is 29.6 Å². The first-order valence-corrected chi connectivity index (χ1v) is 7.14. The van der Waals surface area contributed by atoms with Gasteiger partial charge in [-0.2, -0.15) is 0 Å². The number of thiocarbonyl (C=S) groups is 1. The third kappa shape index (κ3) is 2.37. The average Bonchev–Trinajstić information content (AvgIpc) is 3.11. The molecule has 3 N–H and O–H groups in total. The summed E-state index contributed by atoms with van der Waals surface area (Å²) in [5.74, 6) is 0.683. The monoisotopic (exact) mass is 275 g/mol. The average molecular weight is 275 g/mol. The summed E-state index contributed by atoms with van der Waals surface area (Å²) in [6, 6.07) is 7.77. The summed E-state index contributed by atoms with van der Waals surface area (Å²) in [7, 11) is 0. The lowest BCUT2D eigenvalue weighted by Crippen LogP contribution is -2.11. The van der Waals surface area contributed by atoms with Gasteiger partial charge < -0.3 is 11.1 Å². The Morgan fingerprint density at radius 1 is 1.39 bits per heavy atom. The van der Waals surface area contributed by atoms with Crippen molar-refractivity contribution in [3.8, 4) is 0 Å². The summed E-state index contributed by atoms with van der Waals surface area (Å²) < 4.78 is 0. The van der Waals surface area contributed by atoms with Crippen LogP contribution in [0.25, 0.3) is 0 Å². The van der Waals surface area contributed by atoms with E-state index in [-0.39, 0.29) is 0 Å². The van der Waals surface area contributed by atoms with Crippen LogP contribution in [0, 0.1) is 0 Å². The van der Waals surface area contributed by atoms with Gasteiger partial charge in [0.1, 0.15) is 4.99 Å². The van der Waals surface area contributed by atoms with Gasteiger partial charge in [-0.15, -0.1) is 11.3 Å². The zero-order chi connectivity index (χ0) is 12.5. The lowest BCUT2D eigenvalue weighted by Gasteiger charge is -2.08. The van der Waals surface area contributed by atoms with Crippen LogP contribution in [0.3, 0.4) is 0 Å². The van der Waals surface area contributed by atoms with Crippen molar-refractivity contribution in [1.82, 2.24) is 4.98 Å². The van der Waals surface area contributed by atoms with E-state index in [2.05, 4.69) is 15.7 Å². The number of hydrogen-bond donors (Lipinski definition) is 2. The quantitative estimate of drug-likeness (QED) is 0.840. The molecule has 0 aliphatic heterocycles. The third-order valence-electron chi connectivity index (χ3n) is 2.95. The molecule has 1 aliphatic carbocycles. The molecular weight excluding hydrogens is 262 g/mol. The minimum absolute atomic E-state index is 0.400. The van der Waals surface area contributed by atoms with Crippen molar-refractivity contribution in [3.63, 3.8) is 0 Å². The Morgan fingerprint density at radius 3 is 2.89 bits per heavy atom. The molecule has 92 valence electrons. The first kappa shape index (κ1) is 11.6. The molecule has 3 nitrogen and oxygen atoms in total. The Bertz CT molecular complexity index is 587. The highest BCUT2D eigenvalue weighted by molar-refractivity contribution is 7.80. The van der Waals surface area contributed by atoms with E-state index in [1.165, 1.54) is 18.5 Å². The predicted molar refractivity (Wildman–Crippen MR) is 79.7 cm³/mol. The Morgan fingerprint density at radius 2 is 2.17 bits per heavy atom. The maximum absolute atomic E-state index is 5.71. The van der Waals surface area contributed by atoms with Gasteiger partial charge in [-0.25, -0.2) is 4.98 Å². The summed E-state index contributed by atoms with van der Waals surface area (Å²) in [6.07, 6.45) is 2.54. The number of thiazole rings is 1. The van der Waals surface area contributed by atoms with Gasteiger partial charge in [0.15, 0.2) is 5.13 Å². The van der Waals surface area contributed by atoms with Crippen LogP contribution in [-0.4, -0.2) is 9.97 Å². The molecular formula is C13H13N3S2. The molecule has 0 atom stereocenters. The molecule has 0 radical (unpaired) electrons. The number of hydrogen-bond acceptors (Lipinski definition) is 4. The molecule has 0 amide bonds. The largest absolute Gasteiger partial charge is 0.389 e. The fourth-order valence-corrected chi connectivity index (χ4v) is 2.81. The minimum atomic E-state index is 0.400. The highest BCUT2D eigenvalue weighted by atomic mass is 32.1. The van der Waals surface area contributed by atoms with Crippen LogP contribution in [0.1, 0.15) is 30.0 Å². The zero-order valence-corrected chi connectivity index (χ0v) is 11.4. The Labute approximate surface area is 115 Å². The van der Waals surface area contributed by atoms with E-state index in [1.54, 1.807) is 11.3 Å². The minimum Gasteiger partial charge on any atom is -0.389 e. The second-order valence-corrected chi connectivity index (χ2v) is 5.68. The van der Waals surface area contributed by atoms with Crippen molar-refractivity contribution < 1.29 is 0 Å². The van der Waals surface area contributed by atoms with Crippen molar-refractivity contribution in [3.05, 3.63) is 40.9 Å². The lowest BCUT2D eigenvalue weighted by molar-refractivity contribution is 1.05. The summed E-state index contributed by atoms with van der Waals surface area (Å²) in [4.78, 5) is 4.99. The fraction of sp³-hybridized carbons (Fsp3) is 0.231. The second-order valence-electron chi connectivity index (χ2n) is 4.39. The molecule has 1 fully saturated rings. The highest BCUT2D eigenvalue weighted by Crippen LogP contribution is 2.41. The number of aromatic nitrogens is 1. The smallest absolute Gasteiger partial charge is 0.187 e. The summed E-state index contributed by atoms with van der Waals surface area (Å²) in [5, 5.41) is 6.33. The molecule has 5 heteroatoms. The molecule has 0 saturated heterocycles. The van der Waals surface area contributed by atoms with E-state index in [0.29, 0.717) is 10.9 Å². The number of para-hydroxylation sites is 1. The lowest BCUT2D eigenvalue weighted by atomic mass is 10.2. The van der Waals surface area contributed by atoms with E-state index in [0.717, 1.165) is 16.4 Å². The van der Waals surface area contributed by atoms with Crippen molar-refractivity contribution in [2.24, 2.45) is 5.73 Å². The van der Waals surface area contributed by atoms with Crippen LogP contribution in [-0.2, 0) is 0 Å². The van der Waals surface area contributed by atoms with Gasteiger partial charge in [0, 0.05) is 16.9 Å². The summed E-state index contributed by atoms with van der Waals surface area (Å²) in [5.41, 5.74) is 8.69. The van der Waals surface area contributed by atoms with Gasteiger partial charge in [0.25, 0.3) is 0 Å².